The minimum absolute atomic E-state index is 0.163. The van der Waals surface area contributed by atoms with Crippen LogP contribution in [0.3, 0.4) is 0 Å². The molecule has 0 aliphatic carbocycles. The van der Waals surface area contributed by atoms with Crippen molar-refractivity contribution in [2.24, 2.45) is 0 Å². The maximum absolute atomic E-state index is 12.7. The van der Waals surface area contributed by atoms with Crippen LogP contribution in [0, 0.1) is 0 Å². The lowest BCUT2D eigenvalue weighted by atomic mass is 10.1. The molecule has 0 aromatic heterocycles. The van der Waals surface area contributed by atoms with Crippen LogP contribution in [0.15, 0.2) is 39.7 Å². The predicted molar refractivity (Wildman–Crippen MR) is 135 cm³/mol. The monoisotopic (exact) mass is 587 g/mol. The fraction of sp³-hybridized carbons (Fsp3) is 0.261. The summed E-state index contributed by atoms with van der Waals surface area (Å²) in [5.41, 5.74) is 1.35. The molecule has 0 radical (unpaired) electrons. The van der Waals surface area contributed by atoms with Gasteiger partial charge in [-0.3, -0.25) is 19.3 Å². The van der Waals surface area contributed by atoms with Gasteiger partial charge in [-0.1, -0.05) is 45.2 Å². The Kier molecular flexibility index (Phi) is 9.30. The van der Waals surface area contributed by atoms with Gasteiger partial charge >= 0.3 is 5.97 Å². The van der Waals surface area contributed by atoms with Crippen molar-refractivity contribution in [3.8, 4) is 11.5 Å². The van der Waals surface area contributed by atoms with Crippen molar-refractivity contribution in [3.63, 3.8) is 0 Å². The predicted octanol–water partition coefficient (Wildman–Crippen LogP) is 6.33. The van der Waals surface area contributed by atoms with Crippen molar-refractivity contribution in [2.45, 2.75) is 20.5 Å². The van der Waals surface area contributed by atoms with Gasteiger partial charge in [-0.05, 0) is 61.5 Å². The third-order valence-electron chi connectivity index (χ3n) is 4.51. The molecule has 11 heteroatoms. The Morgan fingerprint density at radius 1 is 1.09 bits per heavy atom. The van der Waals surface area contributed by atoms with E-state index < -0.39 is 23.7 Å². The van der Waals surface area contributed by atoms with E-state index in [1.807, 2.05) is 6.92 Å². The highest BCUT2D eigenvalue weighted by Crippen LogP contribution is 2.38. The molecule has 0 bridgehead atoms. The number of nitrogens with zero attached hydrogens (tertiary/aromatic N) is 1. The van der Waals surface area contributed by atoms with Crippen molar-refractivity contribution in [1.82, 2.24) is 4.90 Å². The van der Waals surface area contributed by atoms with Crippen molar-refractivity contribution >= 4 is 74.1 Å². The van der Waals surface area contributed by atoms with Crippen molar-refractivity contribution < 1.29 is 28.6 Å². The fourth-order valence-electron chi connectivity index (χ4n) is 2.95. The Hall–Kier alpha value is -2.20. The number of rotatable bonds is 9. The first-order valence-electron chi connectivity index (χ1n) is 10.2. The summed E-state index contributed by atoms with van der Waals surface area (Å²) in [5.74, 6) is -0.293. The number of carbonyl (C=O) groups is 3. The van der Waals surface area contributed by atoms with E-state index in [9.17, 15) is 14.4 Å². The Balaban J connectivity index is 1.83. The Morgan fingerprint density at radius 3 is 2.50 bits per heavy atom. The van der Waals surface area contributed by atoms with Crippen LogP contribution in [0.25, 0.3) is 6.08 Å². The van der Waals surface area contributed by atoms with Gasteiger partial charge in [0, 0.05) is 20.1 Å². The smallest absolute Gasteiger partial charge is 0.326 e. The Labute approximate surface area is 219 Å². The zero-order valence-electron chi connectivity index (χ0n) is 18.2. The van der Waals surface area contributed by atoms with Gasteiger partial charge in [0.25, 0.3) is 11.1 Å². The molecule has 3 rings (SSSR count). The van der Waals surface area contributed by atoms with Crippen LogP contribution >= 0.6 is 50.9 Å². The second-order valence-corrected chi connectivity index (χ2v) is 9.54. The van der Waals surface area contributed by atoms with Gasteiger partial charge in [-0.2, -0.15) is 0 Å². The molecule has 1 aliphatic rings. The van der Waals surface area contributed by atoms with Gasteiger partial charge in [0.2, 0.25) is 0 Å². The van der Waals surface area contributed by atoms with Crippen LogP contribution in [0.2, 0.25) is 10.0 Å². The second kappa shape index (κ2) is 12.0. The van der Waals surface area contributed by atoms with Gasteiger partial charge in [-0.25, -0.2) is 0 Å². The lowest BCUT2D eigenvalue weighted by molar-refractivity contribution is -0.145. The van der Waals surface area contributed by atoms with Gasteiger partial charge < -0.3 is 14.2 Å². The number of hydrogen-bond acceptors (Lipinski definition) is 7. The Bertz CT molecular complexity index is 1160. The van der Waals surface area contributed by atoms with Crippen LogP contribution in [-0.4, -0.2) is 41.8 Å². The lowest BCUT2D eigenvalue weighted by Gasteiger charge is -2.15. The summed E-state index contributed by atoms with van der Waals surface area (Å²) >= 11 is 16.4. The first-order valence-corrected chi connectivity index (χ1v) is 12.5. The topological polar surface area (TPSA) is 82.1 Å². The highest BCUT2D eigenvalue weighted by Gasteiger charge is 2.36. The van der Waals surface area contributed by atoms with Crippen LogP contribution in [0.4, 0.5) is 4.79 Å². The van der Waals surface area contributed by atoms with Gasteiger partial charge in [0.1, 0.15) is 13.2 Å². The van der Waals surface area contributed by atoms with E-state index in [0.29, 0.717) is 38.2 Å². The number of amides is 2. The van der Waals surface area contributed by atoms with Crippen molar-refractivity contribution in [3.05, 3.63) is 60.9 Å². The molecule has 0 atom stereocenters. The van der Waals surface area contributed by atoms with Crippen molar-refractivity contribution in [2.75, 3.05) is 19.8 Å². The summed E-state index contributed by atoms with van der Waals surface area (Å²) < 4.78 is 17.1. The van der Waals surface area contributed by atoms with Crippen LogP contribution in [-0.2, 0) is 20.9 Å². The third kappa shape index (κ3) is 6.47. The van der Waals surface area contributed by atoms with E-state index in [0.717, 1.165) is 22.2 Å². The minimum atomic E-state index is -0.645. The highest BCUT2D eigenvalue weighted by molar-refractivity contribution is 9.10. The molecular formula is C23H20BrCl2NO6S. The molecule has 0 saturated carbocycles. The van der Waals surface area contributed by atoms with E-state index in [2.05, 4.69) is 15.9 Å². The zero-order chi connectivity index (χ0) is 24.8. The van der Waals surface area contributed by atoms with Crippen LogP contribution < -0.4 is 9.47 Å². The van der Waals surface area contributed by atoms with Crippen molar-refractivity contribution in [1.29, 1.82) is 0 Å². The first-order chi connectivity index (χ1) is 16.2. The van der Waals surface area contributed by atoms with Gasteiger partial charge in [0.05, 0.1) is 18.1 Å². The van der Waals surface area contributed by atoms with E-state index >= 15 is 0 Å². The lowest BCUT2D eigenvalue weighted by Crippen LogP contribution is -2.34. The van der Waals surface area contributed by atoms with E-state index in [4.69, 9.17) is 37.4 Å². The molecule has 2 amide bonds. The number of esters is 1. The van der Waals surface area contributed by atoms with Gasteiger partial charge in [0.15, 0.2) is 11.5 Å². The number of benzene rings is 2. The maximum Gasteiger partial charge on any atom is 0.326 e. The number of hydrogen-bond donors (Lipinski definition) is 0. The van der Waals surface area contributed by atoms with Gasteiger partial charge in [-0.15, -0.1) is 0 Å². The summed E-state index contributed by atoms with van der Waals surface area (Å²) in [4.78, 5) is 37.7. The van der Waals surface area contributed by atoms with E-state index in [1.165, 1.54) is 0 Å². The fourth-order valence-corrected chi connectivity index (χ4v) is 4.68. The molecule has 1 aliphatic heterocycles. The molecule has 0 spiro atoms. The molecule has 180 valence electrons. The quantitative estimate of drug-likeness (QED) is 0.250. The molecule has 7 nitrogen and oxygen atoms in total. The third-order valence-corrected chi connectivity index (χ3v) is 6.69. The number of thioether (sulfide) groups is 1. The summed E-state index contributed by atoms with van der Waals surface area (Å²) in [7, 11) is 0. The molecule has 1 heterocycles. The minimum Gasteiger partial charge on any atom is -0.490 e. The molecule has 0 unspecified atom stereocenters. The molecule has 2 aromatic carbocycles. The van der Waals surface area contributed by atoms with E-state index in [1.54, 1.807) is 43.3 Å². The standard InChI is InChI=1S/C23H20BrCl2NO6S/c1-3-31-18-7-14(8-20-22(29)27(23(30)34-20)11-21(28)32-4-2)16(24)10-19(18)33-12-13-5-6-15(25)9-17(13)26/h5-10H,3-4,11-12H2,1-2H3/b20-8+. The number of imide groups is 1. The molecular weight excluding hydrogens is 569 g/mol. The molecule has 0 N–H and O–H groups in total. The summed E-state index contributed by atoms with van der Waals surface area (Å²) in [6.45, 7) is 3.79. The largest absolute Gasteiger partial charge is 0.490 e. The second-order valence-electron chi connectivity index (χ2n) is 6.85. The average Bonchev–Trinajstić information content (AvgIpc) is 3.03. The molecule has 2 aromatic rings. The SMILES string of the molecule is CCOC(=O)CN1C(=O)S/C(=C/c2cc(OCC)c(OCc3ccc(Cl)cc3Cl)cc2Br)C1=O. The summed E-state index contributed by atoms with van der Waals surface area (Å²) in [5, 5.41) is 0.479. The van der Waals surface area contributed by atoms with Crippen LogP contribution in [0.5, 0.6) is 11.5 Å². The summed E-state index contributed by atoms with van der Waals surface area (Å²) in [6.07, 6.45) is 1.56. The van der Waals surface area contributed by atoms with Crippen LogP contribution in [0.1, 0.15) is 25.0 Å². The highest BCUT2D eigenvalue weighted by atomic mass is 79.9. The number of ether oxygens (including phenoxy) is 3. The average molecular weight is 589 g/mol. The Morgan fingerprint density at radius 2 is 1.82 bits per heavy atom. The molecule has 1 saturated heterocycles. The zero-order valence-corrected chi connectivity index (χ0v) is 22.1. The molecule has 1 fully saturated rings. The maximum atomic E-state index is 12.7. The summed E-state index contributed by atoms with van der Waals surface area (Å²) in [6, 6.07) is 8.55. The normalized spacial score (nSPS) is 14.6. The number of carbonyl (C=O) groups excluding carboxylic acids is 3. The van der Waals surface area contributed by atoms with E-state index in [-0.39, 0.29) is 18.1 Å². The number of halogens is 3. The molecule has 34 heavy (non-hydrogen) atoms. The first kappa shape index (κ1) is 26.4.